The molecule has 1 aliphatic rings. The normalized spacial score (nSPS) is 13.8. The Balaban J connectivity index is 1.75. The summed E-state index contributed by atoms with van der Waals surface area (Å²) in [5, 5.41) is 5.70. The number of ether oxygens (including phenoxy) is 3. The third-order valence-corrected chi connectivity index (χ3v) is 3.20. The number of carbonyl (C=O) groups is 1. The second-order valence-electron chi connectivity index (χ2n) is 4.79. The molecule has 0 aromatic heterocycles. The molecule has 116 valence electrons. The predicted molar refractivity (Wildman–Crippen MR) is 78.6 cm³/mol. The molecule has 2 amide bonds. The number of carbonyl (C=O) groups excluding carboxylic acids is 1. The lowest BCUT2D eigenvalue weighted by Gasteiger charge is -2.15. The molecule has 0 bridgehead atoms. The van der Waals surface area contributed by atoms with E-state index in [1.54, 1.807) is 0 Å². The zero-order chi connectivity index (χ0) is 15.1. The Kier molecular flexibility index (Phi) is 5.68. The van der Waals surface area contributed by atoms with Crippen LogP contribution in [0.4, 0.5) is 4.79 Å². The number of benzene rings is 1. The first-order valence-electron chi connectivity index (χ1n) is 7.22. The molecule has 1 unspecified atom stereocenters. The van der Waals surface area contributed by atoms with Crippen LogP contribution in [-0.4, -0.2) is 32.6 Å². The van der Waals surface area contributed by atoms with Crippen molar-refractivity contribution in [3.05, 3.63) is 23.8 Å². The maximum Gasteiger partial charge on any atom is 0.315 e. The minimum atomic E-state index is -0.184. The van der Waals surface area contributed by atoms with Crippen molar-refractivity contribution in [2.45, 2.75) is 26.3 Å². The van der Waals surface area contributed by atoms with Gasteiger partial charge in [0.05, 0.1) is 6.04 Å². The summed E-state index contributed by atoms with van der Waals surface area (Å²) in [5.41, 5.74) is 0.976. The van der Waals surface area contributed by atoms with Gasteiger partial charge in [-0.3, -0.25) is 0 Å². The Morgan fingerprint density at radius 2 is 2.19 bits per heavy atom. The smallest absolute Gasteiger partial charge is 0.315 e. The summed E-state index contributed by atoms with van der Waals surface area (Å²) in [6.45, 7) is 6.09. The SMILES string of the molecule is CCOCCCNC(=O)NC(C)c1ccc2c(c1)OCO2. The van der Waals surface area contributed by atoms with E-state index in [0.29, 0.717) is 19.8 Å². The van der Waals surface area contributed by atoms with E-state index in [9.17, 15) is 4.79 Å². The molecule has 21 heavy (non-hydrogen) atoms. The largest absolute Gasteiger partial charge is 0.454 e. The second kappa shape index (κ2) is 7.73. The highest BCUT2D eigenvalue weighted by Crippen LogP contribution is 2.34. The fraction of sp³-hybridized carbons (Fsp3) is 0.533. The minimum Gasteiger partial charge on any atom is -0.454 e. The number of urea groups is 1. The first kappa shape index (κ1) is 15.4. The van der Waals surface area contributed by atoms with Gasteiger partial charge >= 0.3 is 6.03 Å². The first-order chi connectivity index (χ1) is 10.2. The summed E-state index contributed by atoms with van der Waals surface area (Å²) in [6, 6.07) is 5.38. The molecule has 0 radical (unpaired) electrons. The summed E-state index contributed by atoms with van der Waals surface area (Å²) >= 11 is 0. The van der Waals surface area contributed by atoms with Gasteiger partial charge in [0.25, 0.3) is 0 Å². The highest BCUT2D eigenvalue weighted by Gasteiger charge is 2.16. The van der Waals surface area contributed by atoms with Crippen molar-refractivity contribution < 1.29 is 19.0 Å². The van der Waals surface area contributed by atoms with Gasteiger partial charge in [0.2, 0.25) is 6.79 Å². The molecule has 2 N–H and O–H groups in total. The molecule has 6 nitrogen and oxygen atoms in total. The average Bonchev–Trinajstić information content (AvgIpc) is 2.94. The molecule has 2 rings (SSSR count). The van der Waals surface area contributed by atoms with Gasteiger partial charge in [-0.25, -0.2) is 4.79 Å². The van der Waals surface area contributed by atoms with E-state index in [1.807, 2.05) is 32.0 Å². The molecule has 1 heterocycles. The van der Waals surface area contributed by atoms with Crippen molar-refractivity contribution in [3.8, 4) is 11.5 Å². The van der Waals surface area contributed by atoms with Crippen molar-refractivity contribution in [1.82, 2.24) is 10.6 Å². The van der Waals surface area contributed by atoms with Gasteiger partial charge < -0.3 is 24.8 Å². The van der Waals surface area contributed by atoms with Crippen molar-refractivity contribution in [3.63, 3.8) is 0 Å². The molecule has 1 atom stereocenters. The Morgan fingerprint density at radius 3 is 3.00 bits per heavy atom. The molecule has 6 heteroatoms. The zero-order valence-corrected chi connectivity index (χ0v) is 12.5. The Bertz CT molecular complexity index is 479. The van der Waals surface area contributed by atoms with Crippen LogP contribution in [0, 0.1) is 0 Å². The van der Waals surface area contributed by atoms with Crippen LogP contribution in [-0.2, 0) is 4.74 Å². The maximum absolute atomic E-state index is 11.8. The maximum atomic E-state index is 11.8. The molecule has 0 aliphatic carbocycles. The van der Waals surface area contributed by atoms with Crippen LogP contribution in [0.15, 0.2) is 18.2 Å². The highest BCUT2D eigenvalue weighted by molar-refractivity contribution is 5.74. The molecule has 1 aromatic rings. The van der Waals surface area contributed by atoms with Crippen LogP contribution in [0.3, 0.4) is 0 Å². The molecule has 0 saturated heterocycles. The summed E-state index contributed by atoms with van der Waals surface area (Å²) in [5.74, 6) is 1.46. The zero-order valence-electron chi connectivity index (χ0n) is 12.5. The number of nitrogens with one attached hydrogen (secondary N) is 2. The van der Waals surface area contributed by atoms with E-state index in [0.717, 1.165) is 23.5 Å². The minimum absolute atomic E-state index is 0.105. The number of amides is 2. The number of hydrogen-bond acceptors (Lipinski definition) is 4. The van der Waals surface area contributed by atoms with Crippen molar-refractivity contribution in [2.24, 2.45) is 0 Å². The molecular formula is C15H22N2O4. The summed E-state index contributed by atoms with van der Waals surface area (Å²) < 4.78 is 15.8. The number of hydrogen-bond donors (Lipinski definition) is 2. The van der Waals surface area contributed by atoms with E-state index in [-0.39, 0.29) is 18.9 Å². The molecule has 0 fully saturated rings. The fourth-order valence-electron chi connectivity index (χ4n) is 2.03. The van der Waals surface area contributed by atoms with Crippen LogP contribution in [0.2, 0.25) is 0 Å². The second-order valence-corrected chi connectivity index (χ2v) is 4.79. The Morgan fingerprint density at radius 1 is 1.38 bits per heavy atom. The van der Waals surface area contributed by atoms with Crippen molar-refractivity contribution >= 4 is 6.03 Å². The number of rotatable bonds is 7. The van der Waals surface area contributed by atoms with Crippen LogP contribution >= 0.6 is 0 Å². The summed E-state index contributed by atoms with van der Waals surface area (Å²) in [4.78, 5) is 11.8. The lowest BCUT2D eigenvalue weighted by Crippen LogP contribution is -2.37. The highest BCUT2D eigenvalue weighted by atomic mass is 16.7. The van der Waals surface area contributed by atoms with E-state index in [1.165, 1.54) is 0 Å². The Labute approximate surface area is 124 Å². The fourth-order valence-corrected chi connectivity index (χ4v) is 2.03. The molecule has 0 spiro atoms. The quantitative estimate of drug-likeness (QED) is 0.756. The Hall–Kier alpha value is -1.95. The predicted octanol–water partition coefficient (Wildman–Crippen LogP) is 2.20. The third kappa shape index (κ3) is 4.53. The third-order valence-electron chi connectivity index (χ3n) is 3.20. The van der Waals surface area contributed by atoms with Gasteiger partial charge in [0.1, 0.15) is 0 Å². The van der Waals surface area contributed by atoms with Gasteiger partial charge in [0, 0.05) is 19.8 Å². The van der Waals surface area contributed by atoms with E-state index >= 15 is 0 Å². The van der Waals surface area contributed by atoms with Crippen molar-refractivity contribution in [1.29, 1.82) is 0 Å². The van der Waals surface area contributed by atoms with Crippen LogP contribution in [0.25, 0.3) is 0 Å². The standard InChI is InChI=1S/C15H22N2O4/c1-3-19-8-4-7-16-15(18)17-11(2)12-5-6-13-14(9-12)21-10-20-13/h5-6,9,11H,3-4,7-8,10H2,1-2H3,(H2,16,17,18). The lowest BCUT2D eigenvalue weighted by atomic mass is 10.1. The van der Waals surface area contributed by atoms with Gasteiger partial charge in [-0.05, 0) is 38.0 Å². The lowest BCUT2D eigenvalue weighted by molar-refractivity contribution is 0.145. The molecule has 1 aliphatic heterocycles. The summed E-state index contributed by atoms with van der Waals surface area (Å²) in [7, 11) is 0. The van der Waals surface area contributed by atoms with Gasteiger partial charge in [-0.15, -0.1) is 0 Å². The van der Waals surface area contributed by atoms with Gasteiger partial charge in [-0.1, -0.05) is 6.07 Å². The van der Waals surface area contributed by atoms with Crippen molar-refractivity contribution in [2.75, 3.05) is 26.6 Å². The monoisotopic (exact) mass is 294 g/mol. The van der Waals surface area contributed by atoms with Gasteiger partial charge in [-0.2, -0.15) is 0 Å². The topological polar surface area (TPSA) is 68.8 Å². The molecule has 1 aromatic carbocycles. The van der Waals surface area contributed by atoms with Crippen LogP contribution < -0.4 is 20.1 Å². The summed E-state index contributed by atoms with van der Waals surface area (Å²) in [6.07, 6.45) is 0.805. The van der Waals surface area contributed by atoms with E-state index < -0.39 is 0 Å². The van der Waals surface area contributed by atoms with Gasteiger partial charge in [0.15, 0.2) is 11.5 Å². The average molecular weight is 294 g/mol. The van der Waals surface area contributed by atoms with Crippen LogP contribution in [0.5, 0.6) is 11.5 Å². The molecular weight excluding hydrogens is 272 g/mol. The first-order valence-corrected chi connectivity index (χ1v) is 7.22. The van der Waals surface area contributed by atoms with E-state index in [4.69, 9.17) is 14.2 Å². The van der Waals surface area contributed by atoms with E-state index in [2.05, 4.69) is 10.6 Å². The molecule has 0 saturated carbocycles. The number of fused-ring (bicyclic) bond motifs is 1. The van der Waals surface area contributed by atoms with Crippen LogP contribution in [0.1, 0.15) is 31.9 Å².